The average molecular weight is 273 g/mol. The SMILES string of the molecule is CC1CC2(CCO1)C(=O)Nc1ccc(C(C)(C)C)cc12. The first-order valence-corrected chi connectivity index (χ1v) is 7.41. The number of benzene rings is 1. The van der Waals surface area contributed by atoms with Crippen LogP contribution in [0.5, 0.6) is 0 Å². The Labute approximate surface area is 120 Å². The number of hydrogen-bond acceptors (Lipinski definition) is 2. The summed E-state index contributed by atoms with van der Waals surface area (Å²) >= 11 is 0. The lowest BCUT2D eigenvalue weighted by molar-refractivity contribution is -0.126. The van der Waals surface area contributed by atoms with Gasteiger partial charge in [-0.25, -0.2) is 0 Å². The standard InChI is InChI=1S/C17H23NO2/c1-11-10-17(7-8-20-11)13-9-12(16(2,3)4)5-6-14(13)18-15(17)19/h5-6,9,11H,7-8,10H2,1-4H3,(H,18,19). The lowest BCUT2D eigenvalue weighted by Gasteiger charge is -2.35. The molecule has 1 fully saturated rings. The van der Waals surface area contributed by atoms with E-state index in [2.05, 4.69) is 51.2 Å². The molecule has 0 saturated carbocycles. The van der Waals surface area contributed by atoms with Crippen LogP contribution >= 0.6 is 0 Å². The van der Waals surface area contributed by atoms with Gasteiger partial charge in [0.15, 0.2) is 0 Å². The number of hydrogen-bond donors (Lipinski definition) is 1. The molecule has 0 aromatic heterocycles. The molecule has 0 aliphatic carbocycles. The molecule has 2 atom stereocenters. The Balaban J connectivity index is 2.10. The van der Waals surface area contributed by atoms with Gasteiger partial charge in [-0.2, -0.15) is 0 Å². The summed E-state index contributed by atoms with van der Waals surface area (Å²) in [5.41, 5.74) is 3.15. The summed E-state index contributed by atoms with van der Waals surface area (Å²) in [5.74, 6) is 0.147. The minimum absolute atomic E-state index is 0.0959. The first-order chi connectivity index (χ1) is 9.33. The second-order valence-electron chi connectivity index (χ2n) is 7.18. The van der Waals surface area contributed by atoms with Gasteiger partial charge in [0.1, 0.15) is 0 Å². The highest BCUT2D eigenvalue weighted by Gasteiger charge is 2.49. The Bertz CT molecular complexity index is 559. The van der Waals surface area contributed by atoms with E-state index in [0.717, 1.165) is 18.5 Å². The summed E-state index contributed by atoms with van der Waals surface area (Å²) < 4.78 is 5.65. The van der Waals surface area contributed by atoms with Gasteiger partial charge in [0.2, 0.25) is 5.91 Å². The lowest BCUT2D eigenvalue weighted by Crippen LogP contribution is -2.43. The van der Waals surface area contributed by atoms with Crippen LogP contribution in [0, 0.1) is 0 Å². The van der Waals surface area contributed by atoms with Crippen molar-refractivity contribution in [1.82, 2.24) is 0 Å². The van der Waals surface area contributed by atoms with E-state index in [-0.39, 0.29) is 22.8 Å². The summed E-state index contributed by atoms with van der Waals surface area (Å²) in [7, 11) is 0. The number of amides is 1. The van der Waals surface area contributed by atoms with Crippen molar-refractivity contribution in [3.8, 4) is 0 Å². The highest BCUT2D eigenvalue weighted by molar-refractivity contribution is 6.06. The number of fused-ring (bicyclic) bond motifs is 2. The number of anilines is 1. The molecule has 1 N–H and O–H groups in total. The van der Waals surface area contributed by atoms with Gasteiger partial charge in [0.25, 0.3) is 0 Å². The van der Waals surface area contributed by atoms with Gasteiger partial charge in [-0.05, 0) is 42.4 Å². The molecule has 2 aliphatic rings. The fraction of sp³-hybridized carbons (Fsp3) is 0.588. The minimum Gasteiger partial charge on any atom is -0.378 e. The fourth-order valence-electron chi connectivity index (χ4n) is 3.42. The number of carbonyl (C=O) groups excluding carboxylic acids is 1. The van der Waals surface area contributed by atoms with E-state index in [1.54, 1.807) is 0 Å². The van der Waals surface area contributed by atoms with Crippen LogP contribution in [0.1, 0.15) is 51.7 Å². The van der Waals surface area contributed by atoms with Crippen LogP contribution in [0.4, 0.5) is 5.69 Å². The van der Waals surface area contributed by atoms with Gasteiger partial charge in [-0.1, -0.05) is 32.9 Å². The summed E-state index contributed by atoms with van der Waals surface area (Å²) in [4.78, 5) is 12.5. The van der Waals surface area contributed by atoms with E-state index in [9.17, 15) is 4.79 Å². The molecule has 3 rings (SSSR count). The second kappa shape index (κ2) is 4.32. The van der Waals surface area contributed by atoms with Crippen LogP contribution < -0.4 is 5.32 Å². The van der Waals surface area contributed by atoms with Crippen LogP contribution in [-0.2, 0) is 20.4 Å². The molecule has 20 heavy (non-hydrogen) atoms. The van der Waals surface area contributed by atoms with E-state index in [4.69, 9.17) is 4.74 Å². The van der Waals surface area contributed by atoms with Gasteiger partial charge in [0, 0.05) is 12.3 Å². The zero-order valence-corrected chi connectivity index (χ0v) is 12.7. The molecule has 1 saturated heterocycles. The van der Waals surface area contributed by atoms with E-state index < -0.39 is 0 Å². The molecule has 3 nitrogen and oxygen atoms in total. The van der Waals surface area contributed by atoms with E-state index >= 15 is 0 Å². The van der Waals surface area contributed by atoms with Crippen molar-refractivity contribution >= 4 is 11.6 Å². The lowest BCUT2D eigenvalue weighted by atomic mass is 9.72. The fourth-order valence-corrected chi connectivity index (χ4v) is 3.42. The molecule has 1 spiro atoms. The van der Waals surface area contributed by atoms with Gasteiger partial charge < -0.3 is 10.1 Å². The minimum atomic E-state index is -0.381. The van der Waals surface area contributed by atoms with E-state index in [1.807, 2.05) is 0 Å². The first-order valence-electron chi connectivity index (χ1n) is 7.41. The Kier molecular flexibility index (Phi) is 2.94. The van der Waals surface area contributed by atoms with Crippen molar-refractivity contribution in [3.63, 3.8) is 0 Å². The summed E-state index contributed by atoms with van der Waals surface area (Å²) in [5, 5.41) is 3.06. The van der Waals surface area contributed by atoms with Crippen molar-refractivity contribution in [2.75, 3.05) is 11.9 Å². The van der Waals surface area contributed by atoms with Crippen molar-refractivity contribution in [2.45, 2.75) is 57.5 Å². The van der Waals surface area contributed by atoms with Crippen LogP contribution in [0.15, 0.2) is 18.2 Å². The van der Waals surface area contributed by atoms with Crippen molar-refractivity contribution < 1.29 is 9.53 Å². The maximum atomic E-state index is 12.5. The molecule has 2 aliphatic heterocycles. The topological polar surface area (TPSA) is 38.3 Å². The highest BCUT2D eigenvalue weighted by atomic mass is 16.5. The average Bonchev–Trinajstić information content (AvgIpc) is 2.61. The molecule has 2 unspecified atom stereocenters. The molecule has 1 amide bonds. The van der Waals surface area contributed by atoms with Crippen molar-refractivity contribution in [1.29, 1.82) is 0 Å². The summed E-state index contributed by atoms with van der Waals surface area (Å²) in [6.07, 6.45) is 1.70. The van der Waals surface area contributed by atoms with Crippen molar-refractivity contribution in [3.05, 3.63) is 29.3 Å². The van der Waals surface area contributed by atoms with Crippen LogP contribution in [0.3, 0.4) is 0 Å². The monoisotopic (exact) mass is 273 g/mol. The Morgan fingerprint density at radius 1 is 1.35 bits per heavy atom. The third-order valence-corrected chi connectivity index (χ3v) is 4.65. The Hall–Kier alpha value is -1.35. The van der Waals surface area contributed by atoms with Crippen molar-refractivity contribution in [2.24, 2.45) is 0 Å². The predicted octanol–water partition coefficient (Wildman–Crippen LogP) is 3.37. The van der Waals surface area contributed by atoms with Gasteiger partial charge >= 0.3 is 0 Å². The maximum Gasteiger partial charge on any atom is 0.235 e. The molecular formula is C17H23NO2. The maximum absolute atomic E-state index is 12.5. The molecule has 3 heteroatoms. The Morgan fingerprint density at radius 3 is 2.75 bits per heavy atom. The first kappa shape index (κ1) is 13.6. The van der Waals surface area contributed by atoms with Crippen LogP contribution in [0.25, 0.3) is 0 Å². The van der Waals surface area contributed by atoms with E-state index in [0.29, 0.717) is 6.61 Å². The third-order valence-electron chi connectivity index (χ3n) is 4.65. The highest BCUT2D eigenvalue weighted by Crippen LogP contribution is 2.47. The smallest absolute Gasteiger partial charge is 0.235 e. The predicted molar refractivity (Wildman–Crippen MR) is 80.1 cm³/mol. The number of carbonyl (C=O) groups is 1. The molecule has 2 heterocycles. The zero-order valence-electron chi connectivity index (χ0n) is 12.7. The van der Waals surface area contributed by atoms with Gasteiger partial charge in [-0.3, -0.25) is 4.79 Å². The van der Waals surface area contributed by atoms with Crippen LogP contribution in [0.2, 0.25) is 0 Å². The molecule has 0 radical (unpaired) electrons. The summed E-state index contributed by atoms with van der Waals surface area (Å²) in [6.45, 7) is 9.34. The molecule has 0 bridgehead atoms. The molecule has 1 aromatic rings. The largest absolute Gasteiger partial charge is 0.378 e. The quantitative estimate of drug-likeness (QED) is 0.787. The van der Waals surface area contributed by atoms with E-state index in [1.165, 1.54) is 11.1 Å². The Morgan fingerprint density at radius 2 is 2.10 bits per heavy atom. The summed E-state index contributed by atoms with van der Waals surface area (Å²) in [6, 6.07) is 6.41. The molecule has 108 valence electrons. The van der Waals surface area contributed by atoms with Gasteiger partial charge in [-0.15, -0.1) is 0 Å². The van der Waals surface area contributed by atoms with Crippen LogP contribution in [-0.4, -0.2) is 18.6 Å². The zero-order chi connectivity index (χ0) is 14.5. The third kappa shape index (κ3) is 1.96. The number of nitrogens with one attached hydrogen (secondary N) is 1. The number of rotatable bonds is 0. The molecular weight excluding hydrogens is 250 g/mol. The molecule has 1 aromatic carbocycles. The van der Waals surface area contributed by atoms with Gasteiger partial charge in [0.05, 0.1) is 11.5 Å². The number of ether oxygens (including phenoxy) is 1. The second-order valence-corrected chi connectivity index (χ2v) is 7.18. The normalized spacial score (nSPS) is 29.4.